The average Bonchev–Trinajstić information content (AvgIpc) is 2.37. The molecule has 0 radical (unpaired) electrons. The largest absolute Gasteiger partial charge is 0.598 e. The Morgan fingerprint density at radius 3 is 2.65 bits per heavy atom. The van der Waals surface area contributed by atoms with Crippen LogP contribution in [-0.2, 0) is 11.4 Å². The second-order valence-corrected chi connectivity index (χ2v) is 7.80. The van der Waals surface area contributed by atoms with Gasteiger partial charge in [0.15, 0.2) is 0 Å². The van der Waals surface area contributed by atoms with E-state index in [1.165, 1.54) is 0 Å². The van der Waals surface area contributed by atoms with E-state index in [9.17, 15) is 4.55 Å². The van der Waals surface area contributed by atoms with Crippen molar-refractivity contribution in [2.75, 3.05) is 0 Å². The molecule has 0 aromatic carbocycles. The van der Waals surface area contributed by atoms with E-state index in [4.69, 9.17) is 11.6 Å². The molecule has 0 fully saturated rings. The Kier molecular flexibility index (Phi) is 6.27. The van der Waals surface area contributed by atoms with Crippen LogP contribution in [0.2, 0.25) is 5.15 Å². The lowest BCUT2D eigenvalue weighted by atomic mass is 10.0. The predicted molar refractivity (Wildman–Crippen MR) is 87.9 cm³/mol. The van der Waals surface area contributed by atoms with Gasteiger partial charge >= 0.3 is 0 Å². The summed E-state index contributed by atoms with van der Waals surface area (Å²) in [7, 11) is 0. The van der Waals surface area contributed by atoms with Gasteiger partial charge < -0.3 is 4.55 Å². The van der Waals surface area contributed by atoms with Crippen LogP contribution in [0.4, 0.5) is 0 Å². The summed E-state index contributed by atoms with van der Waals surface area (Å²) >= 11 is 4.79. The zero-order chi connectivity index (χ0) is 15.3. The minimum atomic E-state index is -1.18. The number of halogens is 1. The van der Waals surface area contributed by atoms with Crippen LogP contribution in [0.25, 0.3) is 6.08 Å². The summed E-state index contributed by atoms with van der Waals surface area (Å²) in [6.07, 6.45) is 5.82. The van der Waals surface area contributed by atoms with Crippen molar-refractivity contribution in [2.45, 2.75) is 38.0 Å². The van der Waals surface area contributed by atoms with Gasteiger partial charge in [-0.05, 0) is 44.4 Å². The van der Waals surface area contributed by atoms with Gasteiger partial charge in [-0.1, -0.05) is 30.3 Å². The first-order valence-electron chi connectivity index (χ1n) is 6.36. The molecule has 1 aromatic rings. The number of rotatable bonds is 6. The summed E-state index contributed by atoms with van der Waals surface area (Å²) < 4.78 is 15.1. The molecule has 0 aliphatic carbocycles. The van der Waals surface area contributed by atoms with Gasteiger partial charge in [0.1, 0.15) is 9.90 Å². The van der Waals surface area contributed by atoms with Crippen LogP contribution in [0.5, 0.6) is 0 Å². The molecule has 3 nitrogen and oxygen atoms in total. The summed E-state index contributed by atoms with van der Waals surface area (Å²) in [5.74, 6) is 0. The first-order chi connectivity index (χ1) is 9.29. The van der Waals surface area contributed by atoms with Gasteiger partial charge in [-0.2, -0.15) is 0 Å². The molecule has 110 valence electrons. The van der Waals surface area contributed by atoms with Gasteiger partial charge in [0.25, 0.3) is 0 Å². The van der Waals surface area contributed by atoms with Crippen molar-refractivity contribution in [3.05, 3.63) is 47.8 Å². The molecule has 2 atom stereocenters. The third-order valence-electron chi connectivity index (χ3n) is 2.74. The van der Waals surface area contributed by atoms with Crippen molar-refractivity contribution < 1.29 is 4.55 Å². The Hall–Kier alpha value is -0.810. The number of hydrogen-bond acceptors (Lipinski definition) is 3. The monoisotopic (exact) mass is 312 g/mol. The SMILES string of the molecule is C=CCC(N[S+]([O-])C(C)(C)C)c1cc(Cl)ncc1C=C. The van der Waals surface area contributed by atoms with E-state index < -0.39 is 11.4 Å². The van der Waals surface area contributed by atoms with E-state index in [1.807, 2.05) is 20.8 Å². The molecule has 2 unspecified atom stereocenters. The molecular formula is C15H21ClN2OS. The van der Waals surface area contributed by atoms with E-state index in [-0.39, 0.29) is 10.8 Å². The molecular weight excluding hydrogens is 292 g/mol. The third-order valence-corrected chi connectivity index (χ3v) is 4.56. The Morgan fingerprint density at radius 1 is 1.50 bits per heavy atom. The fourth-order valence-corrected chi connectivity index (χ4v) is 2.64. The molecule has 0 bridgehead atoms. The Labute approximate surface area is 129 Å². The van der Waals surface area contributed by atoms with Gasteiger partial charge in [-0.15, -0.1) is 11.3 Å². The van der Waals surface area contributed by atoms with Crippen LogP contribution in [-0.4, -0.2) is 14.3 Å². The smallest absolute Gasteiger partial charge is 0.136 e. The maximum absolute atomic E-state index is 12.3. The van der Waals surface area contributed by atoms with Gasteiger partial charge in [0.2, 0.25) is 0 Å². The molecule has 0 saturated carbocycles. The molecule has 0 aliphatic heterocycles. The van der Waals surface area contributed by atoms with Crippen molar-refractivity contribution in [3.63, 3.8) is 0 Å². The van der Waals surface area contributed by atoms with E-state index in [1.54, 1.807) is 24.4 Å². The lowest BCUT2D eigenvalue weighted by molar-refractivity contribution is 0.524. The summed E-state index contributed by atoms with van der Waals surface area (Å²) in [6.45, 7) is 13.3. The maximum atomic E-state index is 12.3. The highest BCUT2D eigenvalue weighted by atomic mass is 35.5. The molecule has 1 rings (SSSR count). The average molecular weight is 313 g/mol. The highest BCUT2D eigenvalue weighted by Gasteiger charge is 2.30. The Morgan fingerprint density at radius 2 is 2.15 bits per heavy atom. The van der Waals surface area contributed by atoms with Gasteiger partial charge in [-0.25, -0.2) is 4.98 Å². The number of nitrogens with zero attached hydrogens (tertiary/aromatic N) is 1. The van der Waals surface area contributed by atoms with E-state index >= 15 is 0 Å². The zero-order valence-corrected chi connectivity index (χ0v) is 13.7. The highest BCUT2D eigenvalue weighted by Crippen LogP contribution is 2.27. The maximum Gasteiger partial charge on any atom is 0.136 e. The second kappa shape index (κ2) is 7.27. The summed E-state index contributed by atoms with van der Waals surface area (Å²) in [5.41, 5.74) is 1.80. The lowest BCUT2D eigenvalue weighted by Gasteiger charge is -2.28. The molecule has 0 spiro atoms. The van der Waals surface area contributed by atoms with Crippen LogP contribution in [0.1, 0.15) is 44.4 Å². The molecule has 0 saturated heterocycles. The first kappa shape index (κ1) is 17.2. The first-order valence-corrected chi connectivity index (χ1v) is 7.89. The highest BCUT2D eigenvalue weighted by molar-refractivity contribution is 7.90. The van der Waals surface area contributed by atoms with Crippen LogP contribution >= 0.6 is 11.6 Å². The van der Waals surface area contributed by atoms with Gasteiger partial charge in [0.05, 0.1) is 6.04 Å². The van der Waals surface area contributed by atoms with Crippen LogP contribution in [0, 0.1) is 0 Å². The fraction of sp³-hybridized carbons (Fsp3) is 0.400. The Balaban J connectivity index is 3.10. The summed E-state index contributed by atoms with van der Waals surface area (Å²) in [4.78, 5) is 4.05. The normalized spacial score (nSPS) is 14.7. The van der Waals surface area contributed by atoms with Crippen LogP contribution in [0.3, 0.4) is 0 Å². The summed E-state index contributed by atoms with van der Waals surface area (Å²) in [6, 6.07) is 1.64. The van der Waals surface area contributed by atoms with Crippen LogP contribution < -0.4 is 4.72 Å². The molecule has 1 N–H and O–H groups in total. The predicted octanol–water partition coefficient (Wildman–Crippen LogP) is 4.05. The van der Waals surface area contributed by atoms with Crippen molar-refractivity contribution in [3.8, 4) is 0 Å². The number of hydrogen-bond donors (Lipinski definition) is 1. The van der Waals surface area contributed by atoms with Gasteiger partial charge in [-0.3, -0.25) is 0 Å². The standard InChI is InChI=1S/C15H21ClN2OS/c1-6-8-13(18-20(19)15(3,4)5)12-9-14(16)17-10-11(12)7-2/h6-7,9-10,13,18H,1-2,8H2,3-5H3. The van der Waals surface area contributed by atoms with Crippen molar-refractivity contribution in [1.29, 1.82) is 0 Å². The minimum absolute atomic E-state index is 0.138. The molecule has 0 amide bonds. The molecule has 1 heterocycles. The van der Waals surface area contributed by atoms with E-state index in [0.29, 0.717) is 11.6 Å². The molecule has 0 aliphatic rings. The lowest BCUT2D eigenvalue weighted by Crippen LogP contribution is -2.41. The number of nitrogens with one attached hydrogen (secondary N) is 1. The molecule has 20 heavy (non-hydrogen) atoms. The quantitative estimate of drug-likeness (QED) is 0.490. The summed E-state index contributed by atoms with van der Waals surface area (Å²) in [5, 5.41) is 0.406. The van der Waals surface area contributed by atoms with E-state index in [2.05, 4.69) is 22.9 Å². The van der Waals surface area contributed by atoms with E-state index in [0.717, 1.165) is 11.1 Å². The van der Waals surface area contributed by atoms with Gasteiger partial charge in [0, 0.05) is 17.6 Å². The zero-order valence-electron chi connectivity index (χ0n) is 12.1. The van der Waals surface area contributed by atoms with Crippen molar-refractivity contribution in [1.82, 2.24) is 9.71 Å². The minimum Gasteiger partial charge on any atom is -0.598 e. The van der Waals surface area contributed by atoms with Crippen molar-refractivity contribution in [2.24, 2.45) is 0 Å². The van der Waals surface area contributed by atoms with Crippen LogP contribution in [0.15, 0.2) is 31.5 Å². The topological polar surface area (TPSA) is 48.0 Å². The molecule has 1 aromatic heterocycles. The van der Waals surface area contributed by atoms with Crippen molar-refractivity contribution >= 4 is 29.0 Å². The Bertz CT molecular complexity index is 485. The number of aromatic nitrogens is 1. The third kappa shape index (κ3) is 4.63. The molecule has 5 heteroatoms. The second-order valence-electron chi connectivity index (χ2n) is 5.42. The fourth-order valence-electron chi connectivity index (χ4n) is 1.64. The number of pyridine rings is 1.